The molecule has 2 aromatic rings. The van der Waals surface area contributed by atoms with Gasteiger partial charge in [-0.05, 0) is 103 Å². The van der Waals surface area contributed by atoms with Crippen molar-refractivity contribution in [1.82, 2.24) is 10.6 Å². The van der Waals surface area contributed by atoms with E-state index in [0.717, 1.165) is 30.0 Å². The third kappa shape index (κ3) is 24.1. The van der Waals surface area contributed by atoms with Crippen molar-refractivity contribution in [2.45, 2.75) is 130 Å². The standard InChI is InChI=1S/C23H33NO5.C22H31NO5/c1-6-19(24-22(27)29-23(2,3)4)20(25)16-18(14-15-21(26)28-5)13-12-17-10-8-7-9-11-17;1-5-18(23-21(27)28-22(2,3)4)19(24)15-17(13-14-20(25)26)12-11-16-9-7-6-8-10-16/h7-11,14-15,18-19H,6,12-13,16H2,1-5H3,(H,24,27);6-10,13-14,17-18H,5,11-12,15H2,1-4H3,(H,23,27)(H,25,26)/b15-14+;14-13+/t18-,19-;17-,18-/m00/s1. The van der Waals surface area contributed by atoms with Crippen LogP contribution in [-0.4, -0.2) is 71.2 Å². The molecule has 2 rings (SSSR count). The minimum Gasteiger partial charge on any atom is -0.478 e. The number of rotatable bonds is 20. The number of alkyl carbamates (subject to hydrolysis) is 2. The van der Waals surface area contributed by atoms with E-state index in [0.29, 0.717) is 25.7 Å². The molecule has 3 N–H and O–H groups in total. The largest absolute Gasteiger partial charge is 0.478 e. The number of ether oxygens (including phenoxy) is 3. The predicted molar refractivity (Wildman–Crippen MR) is 221 cm³/mol. The number of amides is 2. The first-order valence-corrected chi connectivity index (χ1v) is 19.5. The van der Waals surface area contributed by atoms with Gasteiger partial charge in [0.25, 0.3) is 0 Å². The molecule has 0 bridgehead atoms. The Kier molecular flexibility index (Phi) is 22.5. The number of aryl methyl sites for hydroxylation is 2. The number of methoxy groups -OCH3 is 1. The summed E-state index contributed by atoms with van der Waals surface area (Å²) >= 11 is 0. The van der Waals surface area contributed by atoms with Gasteiger partial charge in [0.15, 0.2) is 11.6 Å². The number of carbonyl (C=O) groups is 6. The summed E-state index contributed by atoms with van der Waals surface area (Å²) in [7, 11) is 1.31. The smallest absolute Gasteiger partial charge is 0.408 e. The van der Waals surface area contributed by atoms with Gasteiger partial charge in [0, 0.05) is 25.0 Å². The fraction of sp³-hybridized carbons (Fsp3) is 0.511. The number of nitrogens with one attached hydrogen (secondary N) is 2. The van der Waals surface area contributed by atoms with Crippen molar-refractivity contribution in [1.29, 1.82) is 0 Å². The van der Waals surface area contributed by atoms with Crippen molar-refractivity contribution >= 4 is 35.7 Å². The normalized spacial score (nSPS) is 13.6. The molecule has 0 radical (unpaired) electrons. The Morgan fingerprint density at radius 2 is 1.00 bits per heavy atom. The van der Waals surface area contributed by atoms with Crippen LogP contribution in [0.4, 0.5) is 9.59 Å². The Labute approximate surface area is 338 Å². The summed E-state index contributed by atoms with van der Waals surface area (Å²) in [6.45, 7) is 14.2. The van der Waals surface area contributed by atoms with E-state index in [-0.39, 0.29) is 36.2 Å². The molecule has 0 aliphatic rings. The van der Waals surface area contributed by atoms with Crippen LogP contribution in [0.1, 0.15) is 105 Å². The number of esters is 1. The Balaban J connectivity index is 0.000000570. The number of benzene rings is 2. The molecule has 0 unspecified atom stereocenters. The highest BCUT2D eigenvalue weighted by Crippen LogP contribution is 2.19. The second kappa shape index (κ2) is 25.8. The molecule has 0 saturated carbocycles. The average Bonchev–Trinajstić information content (AvgIpc) is 3.14. The highest BCUT2D eigenvalue weighted by Gasteiger charge is 2.26. The van der Waals surface area contributed by atoms with Crippen molar-refractivity contribution in [3.8, 4) is 0 Å². The Morgan fingerprint density at radius 1 is 0.632 bits per heavy atom. The predicted octanol–water partition coefficient (Wildman–Crippen LogP) is 8.37. The third-order valence-corrected chi connectivity index (χ3v) is 8.41. The summed E-state index contributed by atoms with van der Waals surface area (Å²) < 4.78 is 15.1. The number of carboxylic acid groups (broad SMARTS) is 1. The zero-order valence-electron chi connectivity index (χ0n) is 35.2. The third-order valence-electron chi connectivity index (χ3n) is 8.41. The molecule has 0 aliphatic carbocycles. The molecule has 0 fully saturated rings. The molecular weight excluding hydrogens is 728 g/mol. The second-order valence-corrected chi connectivity index (χ2v) is 15.7. The zero-order chi connectivity index (χ0) is 43.0. The topological polar surface area (TPSA) is 174 Å². The van der Waals surface area contributed by atoms with Crippen LogP contribution in [0.15, 0.2) is 85.0 Å². The number of carboxylic acids is 1. The van der Waals surface area contributed by atoms with Crippen LogP contribution in [0.3, 0.4) is 0 Å². The summed E-state index contributed by atoms with van der Waals surface area (Å²) in [5, 5.41) is 14.2. The van der Waals surface area contributed by atoms with E-state index in [1.54, 1.807) is 53.7 Å². The molecule has 12 nitrogen and oxygen atoms in total. The maximum absolute atomic E-state index is 12.8. The van der Waals surface area contributed by atoms with E-state index >= 15 is 0 Å². The van der Waals surface area contributed by atoms with Gasteiger partial charge in [-0.2, -0.15) is 0 Å². The maximum atomic E-state index is 12.8. The molecule has 12 heteroatoms. The lowest BCUT2D eigenvalue weighted by molar-refractivity contribution is -0.135. The number of Topliss-reactive ketones (excluding diaryl/α,β-unsaturated/α-hetero) is 2. The van der Waals surface area contributed by atoms with Crippen molar-refractivity contribution in [3.63, 3.8) is 0 Å². The lowest BCUT2D eigenvalue weighted by Gasteiger charge is -2.23. The van der Waals surface area contributed by atoms with Gasteiger partial charge in [-0.1, -0.05) is 86.7 Å². The molecule has 2 aromatic carbocycles. The number of carbonyl (C=O) groups excluding carboxylic acids is 5. The Morgan fingerprint density at radius 3 is 1.32 bits per heavy atom. The fourth-order valence-corrected chi connectivity index (χ4v) is 5.55. The first kappa shape index (κ1) is 49.8. The number of allylic oxidation sites excluding steroid dienone is 2. The quantitative estimate of drug-likeness (QED) is 0.0671. The van der Waals surface area contributed by atoms with E-state index in [4.69, 9.17) is 14.6 Å². The highest BCUT2D eigenvalue weighted by molar-refractivity contribution is 5.89. The molecule has 0 aromatic heterocycles. The molecule has 0 spiro atoms. The van der Waals surface area contributed by atoms with E-state index < -0.39 is 47.4 Å². The van der Waals surface area contributed by atoms with E-state index in [2.05, 4.69) is 15.4 Å². The summed E-state index contributed by atoms with van der Waals surface area (Å²) in [5.41, 5.74) is 1.01. The highest BCUT2D eigenvalue weighted by atomic mass is 16.6. The number of hydrogen-bond donors (Lipinski definition) is 3. The van der Waals surface area contributed by atoms with Crippen LogP contribution >= 0.6 is 0 Å². The van der Waals surface area contributed by atoms with E-state index in [1.165, 1.54) is 13.2 Å². The van der Waals surface area contributed by atoms with Crippen LogP contribution in [0.2, 0.25) is 0 Å². The maximum Gasteiger partial charge on any atom is 0.408 e. The molecule has 0 saturated heterocycles. The van der Waals surface area contributed by atoms with Crippen LogP contribution in [0.25, 0.3) is 0 Å². The molecule has 4 atom stereocenters. The van der Waals surface area contributed by atoms with Crippen molar-refractivity contribution in [2.75, 3.05) is 7.11 Å². The van der Waals surface area contributed by atoms with Crippen molar-refractivity contribution < 1.29 is 48.1 Å². The van der Waals surface area contributed by atoms with Crippen LogP contribution < -0.4 is 10.6 Å². The summed E-state index contributed by atoms with van der Waals surface area (Å²) in [6.07, 6.45) is 8.59. The van der Waals surface area contributed by atoms with Gasteiger partial charge < -0.3 is 30.0 Å². The monoisotopic (exact) mass is 792 g/mol. The Bertz CT molecular complexity index is 1610. The van der Waals surface area contributed by atoms with Crippen LogP contribution in [0, 0.1) is 11.8 Å². The number of hydrogen-bond acceptors (Lipinski definition) is 9. The van der Waals surface area contributed by atoms with Gasteiger partial charge in [0.2, 0.25) is 0 Å². The van der Waals surface area contributed by atoms with Crippen molar-refractivity contribution in [3.05, 3.63) is 96.1 Å². The second-order valence-electron chi connectivity index (χ2n) is 15.7. The lowest BCUT2D eigenvalue weighted by Crippen LogP contribution is -2.43. The molecule has 314 valence electrons. The molecule has 57 heavy (non-hydrogen) atoms. The number of ketones is 2. The first-order valence-electron chi connectivity index (χ1n) is 19.5. The lowest BCUT2D eigenvalue weighted by atomic mass is 9.91. The van der Waals surface area contributed by atoms with Gasteiger partial charge in [0.1, 0.15) is 11.2 Å². The molecule has 0 aliphatic heterocycles. The van der Waals surface area contributed by atoms with Gasteiger partial charge in [-0.3, -0.25) is 9.59 Å². The van der Waals surface area contributed by atoms with Crippen LogP contribution in [0.5, 0.6) is 0 Å². The minimum atomic E-state index is -1.05. The van der Waals surface area contributed by atoms with Gasteiger partial charge in [0.05, 0.1) is 19.2 Å². The molecule has 0 heterocycles. The summed E-state index contributed by atoms with van der Waals surface area (Å²) in [5.74, 6) is -2.10. The fourth-order valence-electron chi connectivity index (χ4n) is 5.55. The average molecular weight is 793 g/mol. The van der Waals surface area contributed by atoms with Gasteiger partial charge in [-0.25, -0.2) is 19.2 Å². The van der Waals surface area contributed by atoms with Gasteiger partial charge >= 0.3 is 24.1 Å². The van der Waals surface area contributed by atoms with Crippen molar-refractivity contribution in [2.24, 2.45) is 11.8 Å². The van der Waals surface area contributed by atoms with Crippen LogP contribution in [-0.2, 0) is 46.2 Å². The van der Waals surface area contributed by atoms with E-state index in [9.17, 15) is 28.8 Å². The molecule has 2 amide bonds. The van der Waals surface area contributed by atoms with E-state index in [1.807, 2.05) is 74.5 Å². The Hall–Kier alpha value is -5.26. The van der Waals surface area contributed by atoms with Gasteiger partial charge in [-0.15, -0.1) is 0 Å². The summed E-state index contributed by atoms with van der Waals surface area (Å²) in [4.78, 5) is 71.8. The number of aliphatic carboxylic acids is 1. The minimum absolute atomic E-state index is 0.0917. The summed E-state index contributed by atoms with van der Waals surface area (Å²) in [6, 6.07) is 18.5. The SMILES string of the molecule is CC[C@H](NC(=O)OC(C)(C)C)C(=O)C[C@H](/C=C/C(=O)O)CCc1ccccc1.CC[C@H](NC(=O)OC(C)(C)C)C(=O)C[C@H](/C=C/C(=O)OC)CCc1ccccc1. The first-order chi connectivity index (χ1) is 26.7. The zero-order valence-corrected chi connectivity index (χ0v) is 35.2. The molecular formula is C45H64N2O10.